The highest BCUT2D eigenvalue weighted by atomic mass is 19.1. The second-order valence-electron chi connectivity index (χ2n) is 5.13. The lowest BCUT2D eigenvalue weighted by molar-refractivity contribution is 0.628. The maximum Gasteiger partial charge on any atom is 0.148 e. The molecule has 23 heavy (non-hydrogen) atoms. The molecule has 0 spiro atoms. The molecule has 0 radical (unpaired) electrons. The third-order valence-electron chi connectivity index (χ3n) is 3.53. The Morgan fingerprint density at radius 1 is 1.04 bits per heavy atom. The van der Waals surface area contributed by atoms with Crippen molar-refractivity contribution in [1.29, 1.82) is 5.26 Å². The molecule has 2 aromatic carbocycles. The van der Waals surface area contributed by atoms with E-state index in [1.807, 2.05) is 43.3 Å². The molecule has 112 valence electrons. The molecule has 0 aliphatic rings. The van der Waals surface area contributed by atoms with Gasteiger partial charge in [0.1, 0.15) is 17.7 Å². The van der Waals surface area contributed by atoms with Crippen LogP contribution in [0, 0.1) is 24.1 Å². The first-order chi connectivity index (χ1) is 11.2. The second kappa shape index (κ2) is 6.29. The van der Waals surface area contributed by atoms with Gasteiger partial charge in [-0.1, -0.05) is 30.3 Å². The van der Waals surface area contributed by atoms with Crippen molar-refractivity contribution in [1.82, 2.24) is 4.98 Å². The first kappa shape index (κ1) is 14.7. The topological polar surface area (TPSA) is 48.7 Å². The van der Waals surface area contributed by atoms with Crippen LogP contribution in [-0.4, -0.2) is 4.98 Å². The van der Waals surface area contributed by atoms with Crippen LogP contribution in [-0.2, 0) is 0 Å². The summed E-state index contributed by atoms with van der Waals surface area (Å²) in [5.74, 6) is 0.163. The predicted molar refractivity (Wildman–Crippen MR) is 88.8 cm³/mol. The third kappa shape index (κ3) is 3.19. The van der Waals surface area contributed by atoms with Gasteiger partial charge >= 0.3 is 0 Å². The van der Waals surface area contributed by atoms with Crippen molar-refractivity contribution in [3.8, 4) is 17.2 Å². The maximum atomic E-state index is 13.0. The van der Waals surface area contributed by atoms with Crippen molar-refractivity contribution < 1.29 is 4.39 Å². The van der Waals surface area contributed by atoms with Gasteiger partial charge in [-0.25, -0.2) is 9.37 Å². The molecular weight excluding hydrogens is 289 g/mol. The highest BCUT2D eigenvalue weighted by molar-refractivity contribution is 5.72. The van der Waals surface area contributed by atoms with Crippen molar-refractivity contribution >= 4 is 11.5 Å². The SMILES string of the molecule is Cc1nc(Nc2ccc(F)cc2)c(C#N)cc1-c1ccccc1. The van der Waals surface area contributed by atoms with Gasteiger partial charge in [0, 0.05) is 16.9 Å². The molecule has 0 saturated heterocycles. The molecule has 1 aromatic heterocycles. The second-order valence-corrected chi connectivity index (χ2v) is 5.13. The van der Waals surface area contributed by atoms with Crippen LogP contribution in [0.4, 0.5) is 15.9 Å². The number of nitriles is 1. The summed E-state index contributed by atoms with van der Waals surface area (Å²) in [5, 5.41) is 12.5. The minimum atomic E-state index is -0.306. The van der Waals surface area contributed by atoms with Gasteiger partial charge in [-0.3, -0.25) is 0 Å². The molecule has 0 aliphatic carbocycles. The number of halogens is 1. The minimum absolute atomic E-state index is 0.306. The molecule has 0 fully saturated rings. The van der Waals surface area contributed by atoms with E-state index in [2.05, 4.69) is 16.4 Å². The van der Waals surface area contributed by atoms with Crippen molar-refractivity contribution in [2.45, 2.75) is 6.92 Å². The lowest BCUT2D eigenvalue weighted by atomic mass is 10.0. The summed E-state index contributed by atoms with van der Waals surface area (Å²) in [7, 11) is 0. The number of aryl methyl sites for hydroxylation is 1. The summed E-state index contributed by atoms with van der Waals surface area (Å²) in [6.07, 6.45) is 0. The van der Waals surface area contributed by atoms with Gasteiger partial charge in [0.2, 0.25) is 0 Å². The monoisotopic (exact) mass is 303 g/mol. The largest absolute Gasteiger partial charge is 0.339 e. The van der Waals surface area contributed by atoms with E-state index in [9.17, 15) is 9.65 Å². The van der Waals surface area contributed by atoms with Gasteiger partial charge in [0.15, 0.2) is 0 Å². The van der Waals surface area contributed by atoms with Gasteiger partial charge in [-0.15, -0.1) is 0 Å². The van der Waals surface area contributed by atoms with Crippen LogP contribution in [0.1, 0.15) is 11.3 Å². The molecule has 0 unspecified atom stereocenters. The van der Waals surface area contributed by atoms with Crippen LogP contribution in [0.3, 0.4) is 0 Å². The Morgan fingerprint density at radius 3 is 2.39 bits per heavy atom. The van der Waals surface area contributed by atoms with Crippen LogP contribution in [0.5, 0.6) is 0 Å². The number of nitrogens with one attached hydrogen (secondary N) is 1. The van der Waals surface area contributed by atoms with Crippen molar-refractivity contribution in [2.75, 3.05) is 5.32 Å². The Balaban J connectivity index is 2.01. The standard InChI is InChI=1S/C19H14FN3/c1-13-18(14-5-3-2-4-6-14)11-15(12-21)19(22-13)23-17-9-7-16(20)8-10-17/h2-11H,1H3,(H,22,23). The molecule has 0 saturated carbocycles. The quantitative estimate of drug-likeness (QED) is 0.755. The fraction of sp³-hybridized carbons (Fsp3) is 0.0526. The Kier molecular flexibility index (Phi) is 4.03. The summed E-state index contributed by atoms with van der Waals surface area (Å²) in [4.78, 5) is 4.51. The third-order valence-corrected chi connectivity index (χ3v) is 3.53. The number of anilines is 2. The lowest BCUT2D eigenvalue weighted by Crippen LogP contribution is -2.00. The first-order valence-corrected chi connectivity index (χ1v) is 7.17. The number of rotatable bonds is 3. The van der Waals surface area contributed by atoms with Gasteiger partial charge in [-0.05, 0) is 42.8 Å². The number of benzene rings is 2. The van der Waals surface area contributed by atoms with Crippen molar-refractivity contribution in [3.63, 3.8) is 0 Å². The number of hydrogen-bond acceptors (Lipinski definition) is 3. The summed E-state index contributed by atoms with van der Waals surface area (Å²) in [6.45, 7) is 1.90. The first-order valence-electron chi connectivity index (χ1n) is 7.17. The number of nitrogens with zero attached hydrogens (tertiary/aromatic N) is 2. The van der Waals surface area contributed by atoms with Crippen molar-refractivity contribution in [2.24, 2.45) is 0 Å². The lowest BCUT2D eigenvalue weighted by Gasteiger charge is -2.12. The summed E-state index contributed by atoms with van der Waals surface area (Å²) >= 11 is 0. The number of hydrogen-bond donors (Lipinski definition) is 1. The summed E-state index contributed by atoms with van der Waals surface area (Å²) < 4.78 is 13.0. The van der Waals surface area contributed by atoms with E-state index in [0.717, 1.165) is 16.8 Å². The Labute approximate surface area is 134 Å². The summed E-state index contributed by atoms with van der Waals surface area (Å²) in [5.41, 5.74) is 3.88. The molecule has 3 rings (SSSR count). The van der Waals surface area contributed by atoms with Crippen molar-refractivity contribution in [3.05, 3.63) is 77.7 Å². The fourth-order valence-electron chi connectivity index (χ4n) is 2.37. The van der Waals surface area contributed by atoms with Crippen LogP contribution in [0.2, 0.25) is 0 Å². The molecule has 1 N–H and O–H groups in total. The van der Waals surface area contributed by atoms with E-state index >= 15 is 0 Å². The fourth-order valence-corrected chi connectivity index (χ4v) is 2.37. The van der Waals surface area contributed by atoms with Crippen LogP contribution in [0.15, 0.2) is 60.7 Å². The number of aromatic nitrogens is 1. The van der Waals surface area contributed by atoms with Crippen LogP contribution in [0.25, 0.3) is 11.1 Å². The highest BCUT2D eigenvalue weighted by Gasteiger charge is 2.11. The average Bonchev–Trinajstić information content (AvgIpc) is 2.58. The zero-order valence-electron chi connectivity index (χ0n) is 12.5. The molecular formula is C19H14FN3. The van der Waals surface area contributed by atoms with Crippen LogP contribution >= 0.6 is 0 Å². The molecule has 4 heteroatoms. The number of pyridine rings is 1. The average molecular weight is 303 g/mol. The molecule has 0 atom stereocenters. The van der Waals surface area contributed by atoms with Gasteiger partial charge in [-0.2, -0.15) is 5.26 Å². The molecule has 0 amide bonds. The van der Waals surface area contributed by atoms with Gasteiger partial charge < -0.3 is 5.32 Å². The van der Waals surface area contributed by atoms with E-state index < -0.39 is 0 Å². The smallest absolute Gasteiger partial charge is 0.148 e. The summed E-state index contributed by atoms with van der Waals surface area (Å²) in [6, 6.07) is 19.7. The zero-order valence-corrected chi connectivity index (χ0v) is 12.5. The van der Waals surface area contributed by atoms with E-state index in [0.29, 0.717) is 17.1 Å². The Bertz CT molecular complexity index is 866. The Morgan fingerprint density at radius 2 is 1.74 bits per heavy atom. The molecule has 1 heterocycles. The van der Waals surface area contributed by atoms with E-state index in [4.69, 9.17) is 0 Å². The zero-order chi connectivity index (χ0) is 16.2. The molecule has 0 aliphatic heterocycles. The minimum Gasteiger partial charge on any atom is -0.339 e. The molecule has 3 aromatic rings. The molecule has 3 nitrogen and oxygen atoms in total. The Hall–Kier alpha value is -3.19. The van der Waals surface area contributed by atoms with E-state index in [-0.39, 0.29) is 5.82 Å². The van der Waals surface area contributed by atoms with Gasteiger partial charge in [0.05, 0.1) is 5.56 Å². The van der Waals surface area contributed by atoms with Gasteiger partial charge in [0.25, 0.3) is 0 Å². The molecule has 0 bridgehead atoms. The highest BCUT2D eigenvalue weighted by Crippen LogP contribution is 2.27. The normalized spacial score (nSPS) is 10.1. The maximum absolute atomic E-state index is 13.0. The van der Waals surface area contributed by atoms with E-state index in [1.165, 1.54) is 12.1 Å². The van der Waals surface area contributed by atoms with Crippen LogP contribution < -0.4 is 5.32 Å². The van der Waals surface area contributed by atoms with E-state index in [1.54, 1.807) is 12.1 Å². The predicted octanol–water partition coefficient (Wildman–Crippen LogP) is 4.81.